The number of halogens is 1. The Morgan fingerprint density at radius 3 is 2.63 bits per heavy atom. The Bertz CT molecular complexity index is 991. The fourth-order valence-corrected chi connectivity index (χ4v) is 3.57. The number of likely N-dealkylation sites (tertiary alicyclic amines) is 1. The van der Waals surface area contributed by atoms with E-state index in [-0.39, 0.29) is 25.0 Å². The molecule has 0 radical (unpaired) electrons. The second kappa shape index (κ2) is 6.81. The molecule has 0 spiro atoms. The Morgan fingerprint density at radius 2 is 1.93 bits per heavy atom. The number of pyridine rings is 1. The Balaban J connectivity index is 1.59. The highest BCUT2D eigenvalue weighted by atomic mass is 19.1. The quantitative estimate of drug-likeness (QED) is 0.709. The van der Waals surface area contributed by atoms with Crippen molar-refractivity contribution in [3.8, 4) is 11.3 Å². The van der Waals surface area contributed by atoms with E-state index in [9.17, 15) is 4.79 Å². The van der Waals surface area contributed by atoms with E-state index in [2.05, 4.69) is 15.3 Å². The van der Waals surface area contributed by atoms with Crippen molar-refractivity contribution in [1.82, 2.24) is 24.9 Å². The lowest BCUT2D eigenvalue weighted by Crippen LogP contribution is -2.45. The number of alkyl halides is 1. The summed E-state index contributed by atoms with van der Waals surface area (Å²) in [5.74, 6) is -0.366. The zero-order chi connectivity index (χ0) is 19.0. The zero-order valence-electron chi connectivity index (χ0n) is 15.5. The Labute approximate surface area is 157 Å². The molecule has 0 N–H and O–H groups in total. The van der Waals surface area contributed by atoms with Crippen molar-refractivity contribution in [3.05, 3.63) is 42.4 Å². The van der Waals surface area contributed by atoms with Gasteiger partial charge in [-0.3, -0.25) is 9.78 Å². The van der Waals surface area contributed by atoms with Crippen molar-refractivity contribution < 1.29 is 9.18 Å². The van der Waals surface area contributed by atoms with E-state index in [4.69, 9.17) is 0 Å². The summed E-state index contributed by atoms with van der Waals surface area (Å²) in [6.07, 6.45) is 3.98. The standard InChI is InChI=1S/C20H22FN5O/c1-25-7-5-20(21,6-8-25)19(27)11-17-10-16-9-14(3-4-15(16)12-22-17)18-13-23-24-26(18)2/h3-4,9-10,12-13H,5-8,11H2,1-2H3. The van der Waals surface area contributed by atoms with Gasteiger partial charge in [0.15, 0.2) is 11.5 Å². The minimum atomic E-state index is -1.73. The van der Waals surface area contributed by atoms with Gasteiger partial charge in [0.1, 0.15) is 0 Å². The van der Waals surface area contributed by atoms with E-state index in [1.54, 1.807) is 17.1 Å². The molecular weight excluding hydrogens is 345 g/mol. The molecular formula is C20H22FN5O. The molecule has 3 heterocycles. The van der Waals surface area contributed by atoms with Crippen molar-refractivity contribution in [2.75, 3.05) is 20.1 Å². The third-order valence-corrected chi connectivity index (χ3v) is 5.41. The van der Waals surface area contributed by atoms with Crippen molar-refractivity contribution in [1.29, 1.82) is 0 Å². The summed E-state index contributed by atoms with van der Waals surface area (Å²) in [6, 6.07) is 7.86. The summed E-state index contributed by atoms with van der Waals surface area (Å²) in [5.41, 5.74) is 0.755. The average Bonchev–Trinajstić information content (AvgIpc) is 3.09. The van der Waals surface area contributed by atoms with Gasteiger partial charge in [-0.15, -0.1) is 5.10 Å². The first-order chi connectivity index (χ1) is 12.9. The third kappa shape index (κ3) is 3.47. The van der Waals surface area contributed by atoms with Crippen LogP contribution >= 0.6 is 0 Å². The molecule has 0 saturated carbocycles. The van der Waals surface area contributed by atoms with E-state index >= 15 is 4.39 Å². The van der Waals surface area contributed by atoms with Crippen molar-refractivity contribution in [2.45, 2.75) is 24.9 Å². The number of Topliss-reactive ketones (excluding diaryl/α,β-unsaturated/α-hetero) is 1. The second-order valence-electron chi connectivity index (χ2n) is 7.35. The molecule has 0 bridgehead atoms. The first kappa shape index (κ1) is 17.7. The number of nitrogens with zero attached hydrogens (tertiary/aromatic N) is 5. The topological polar surface area (TPSA) is 63.9 Å². The van der Waals surface area contributed by atoms with E-state index in [0.29, 0.717) is 18.8 Å². The van der Waals surface area contributed by atoms with Gasteiger partial charge in [-0.1, -0.05) is 17.3 Å². The SMILES string of the molecule is CN1CCC(F)(C(=O)Cc2cc3cc(-c4cnnn4C)ccc3cn2)CC1. The van der Waals surface area contributed by atoms with Crippen LogP contribution in [-0.2, 0) is 18.3 Å². The maximum Gasteiger partial charge on any atom is 0.175 e. The van der Waals surface area contributed by atoms with Gasteiger partial charge in [0.05, 0.1) is 18.3 Å². The maximum atomic E-state index is 15.0. The van der Waals surface area contributed by atoms with E-state index in [1.807, 2.05) is 43.3 Å². The first-order valence-corrected chi connectivity index (χ1v) is 9.09. The maximum absolute atomic E-state index is 15.0. The van der Waals surface area contributed by atoms with Gasteiger partial charge in [-0.05, 0) is 24.6 Å². The summed E-state index contributed by atoms with van der Waals surface area (Å²) in [6.45, 7) is 1.21. The number of fused-ring (bicyclic) bond motifs is 1. The van der Waals surface area contributed by atoms with Crippen LogP contribution in [0.4, 0.5) is 4.39 Å². The molecule has 0 unspecified atom stereocenters. The number of hydrogen-bond acceptors (Lipinski definition) is 5. The largest absolute Gasteiger partial charge is 0.306 e. The predicted octanol–water partition coefficient (Wildman–Crippen LogP) is 2.58. The molecule has 0 aliphatic carbocycles. The van der Waals surface area contributed by atoms with Crippen molar-refractivity contribution in [2.24, 2.45) is 7.05 Å². The smallest absolute Gasteiger partial charge is 0.175 e. The molecule has 1 aliphatic heterocycles. The fourth-order valence-electron chi connectivity index (χ4n) is 3.57. The molecule has 2 aromatic heterocycles. The van der Waals surface area contributed by atoms with Crippen LogP contribution in [0, 0.1) is 0 Å². The summed E-state index contributed by atoms with van der Waals surface area (Å²) < 4.78 is 16.7. The number of benzene rings is 1. The fraction of sp³-hybridized carbons (Fsp3) is 0.400. The summed E-state index contributed by atoms with van der Waals surface area (Å²) >= 11 is 0. The van der Waals surface area contributed by atoms with Crippen molar-refractivity contribution in [3.63, 3.8) is 0 Å². The lowest BCUT2D eigenvalue weighted by molar-refractivity contribution is -0.132. The molecule has 0 atom stereocenters. The van der Waals surface area contributed by atoms with Gasteiger partial charge >= 0.3 is 0 Å². The van der Waals surface area contributed by atoms with Crippen molar-refractivity contribution >= 4 is 16.6 Å². The lowest BCUT2D eigenvalue weighted by Gasteiger charge is -2.33. The predicted molar refractivity (Wildman–Crippen MR) is 101 cm³/mol. The van der Waals surface area contributed by atoms with Crippen LogP contribution in [0.5, 0.6) is 0 Å². The summed E-state index contributed by atoms with van der Waals surface area (Å²) in [5, 5.41) is 9.80. The van der Waals surface area contributed by atoms with Gasteiger partial charge in [0, 0.05) is 55.8 Å². The van der Waals surface area contributed by atoms with E-state index < -0.39 is 5.67 Å². The van der Waals surface area contributed by atoms with Crippen LogP contribution in [0.2, 0.25) is 0 Å². The number of aryl methyl sites for hydroxylation is 1. The van der Waals surface area contributed by atoms with Gasteiger partial charge in [0.2, 0.25) is 0 Å². The lowest BCUT2D eigenvalue weighted by atomic mass is 9.87. The van der Waals surface area contributed by atoms with Crippen LogP contribution in [0.25, 0.3) is 22.0 Å². The molecule has 6 nitrogen and oxygen atoms in total. The molecule has 1 saturated heterocycles. The highest BCUT2D eigenvalue weighted by Crippen LogP contribution is 2.29. The van der Waals surface area contributed by atoms with Crippen LogP contribution in [0.3, 0.4) is 0 Å². The second-order valence-corrected chi connectivity index (χ2v) is 7.35. The average molecular weight is 367 g/mol. The van der Waals surface area contributed by atoms with Gasteiger partial charge < -0.3 is 4.90 Å². The minimum Gasteiger partial charge on any atom is -0.306 e. The molecule has 1 aromatic carbocycles. The Morgan fingerprint density at radius 1 is 1.15 bits per heavy atom. The zero-order valence-corrected chi connectivity index (χ0v) is 15.5. The van der Waals surface area contributed by atoms with Gasteiger partial charge in [0.25, 0.3) is 0 Å². The summed E-state index contributed by atoms with van der Waals surface area (Å²) in [7, 11) is 3.79. The highest BCUT2D eigenvalue weighted by Gasteiger charge is 2.40. The Kier molecular flexibility index (Phi) is 4.47. The normalized spacial score (nSPS) is 17.3. The molecule has 3 aromatic rings. The highest BCUT2D eigenvalue weighted by molar-refractivity contribution is 5.91. The van der Waals surface area contributed by atoms with Gasteiger partial charge in [-0.25, -0.2) is 9.07 Å². The molecule has 1 aliphatic rings. The third-order valence-electron chi connectivity index (χ3n) is 5.41. The molecule has 7 heteroatoms. The molecule has 140 valence electrons. The van der Waals surface area contributed by atoms with Gasteiger partial charge in [-0.2, -0.15) is 0 Å². The number of rotatable bonds is 4. The number of carbonyl (C=O) groups is 1. The first-order valence-electron chi connectivity index (χ1n) is 9.09. The molecule has 1 fully saturated rings. The van der Waals surface area contributed by atoms with E-state index in [0.717, 1.165) is 22.0 Å². The summed E-state index contributed by atoms with van der Waals surface area (Å²) in [4.78, 5) is 19.0. The number of aromatic nitrogens is 4. The number of hydrogen-bond donors (Lipinski definition) is 0. The van der Waals surface area contributed by atoms with Crippen LogP contribution in [0.1, 0.15) is 18.5 Å². The minimum absolute atomic E-state index is 0.0215. The number of piperidine rings is 1. The molecule has 27 heavy (non-hydrogen) atoms. The molecule has 4 rings (SSSR count). The van der Waals surface area contributed by atoms with Crippen LogP contribution in [0.15, 0.2) is 36.7 Å². The van der Waals surface area contributed by atoms with Crippen LogP contribution in [-0.4, -0.2) is 56.5 Å². The van der Waals surface area contributed by atoms with E-state index in [1.165, 1.54) is 0 Å². The van der Waals surface area contributed by atoms with Crippen LogP contribution < -0.4 is 0 Å². The Hall–Kier alpha value is -2.67. The monoisotopic (exact) mass is 367 g/mol. The molecule has 0 amide bonds. The number of carbonyl (C=O) groups excluding carboxylic acids is 1. The number of ketones is 1.